The van der Waals surface area contributed by atoms with E-state index >= 15 is 0 Å². The number of benzene rings is 2. The van der Waals surface area contributed by atoms with Gasteiger partial charge in [-0.25, -0.2) is 4.98 Å². The molecule has 2 N–H and O–H groups in total. The van der Waals surface area contributed by atoms with E-state index in [1.807, 2.05) is 6.07 Å². The molecule has 0 saturated heterocycles. The normalized spacial score (nSPS) is 18.5. The van der Waals surface area contributed by atoms with Crippen LogP contribution in [0, 0.1) is 20.8 Å². The molecule has 1 unspecified atom stereocenters. The van der Waals surface area contributed by atoms with E-state index in [0.717, 1.165) is 39.0 Å². The third-order valence-electron chi connectivity index (χ3n) is 5.11. The number of thiazole rings is 1. The highest BCUT2D eigenvalue weighted by molar-refractivity contribution is 8.01. The molecule has 3 nitrogen and oxygen atoms in total. The summed E-state index contributed by atoms with van der Waals surface area (Å²) < 4.78 is 8.78. The van der Waals surface area contributed by atoms with Gasteiger partial charge >= 0.3 is 0 Å². The molecule has 6 heteroatoms. The summed E-state index contributed by atoms with van der Waals surface area (Å²) in [5, 5.41) is 0. The number of hydrogen-bond donors (Lipinski definition) is 1. The van der Waals surface area contributed by atoms with E-state index in [1.165, 1.54) is 21.4 Å². The van der Waals surface area contributed by atoms with Crippen molar-refractivity contribution in [2.24, 2.45) is 0 Å². The van der Waals surface area contributed by atoms with Gasteiger partial charge in [0, 0.05) is 23.4 Å². The van der Waals surface area contributed by atoms with E-state index in [4.69, 9.17) is 15.5 Å². The average Bonchev–Trinajstić information content (AvgIpc) is 3.18. The third kappa shape index (κ3) is 3.17. The van der Waals surface area contributed by atoms with E-state index in [-0.39, 0.29) is 18.0 Å². The summed E-state index contributed by atoms with van der Waals surface area (Å²) in [4.78, 5) is 4.72. The first kappa shape index (κ1) is 19.3. The number of nitrogens with zero attached hydrogens (tertiary/aromatic N) is 1. The standard InChI is InChI=1S/C20H22N2OS2.ClH/c1-11-12(2)18-14(13(3)17(11)21)9-20(4,23-18)10-24-19-22-15-7-5-6-8-16(15)25-19;/h5-8H,9-10,21H2,1-4H3;1H. The zero-order chi connectivity index (χ0) is 17.8. The average molecular weight is 407 g/mol. The van der Waals surface area contributed by atoms with Crippen LogP contribution < -0.4 is 10.5 Å². The molecular weight excluding hydrogens is 384 g/mol. The number of ether oxygens (including phenoxy) is 1. The highest BCUT2D eigenvalue weighted by Crippen LogP contribution is 2.45. The molecule has 1 aliphatic heterocycles. The topological polar surface area (TPSA) is 48.1 Å². The van der Waals surface area contributed by atoms with Crippen molar-refractivity contribution in [3.63, 3.8) is 0 Å². The molecule has 1 atom stereocenters. The molecular formula is C20H23ClN2OS2. The molecule has 0 saturated carbocycles. The molecule has 1 aromatic heterocycles. The van der Waals surface area contributed by atoms with Crippen LogP contribution in [0.2, 0.25) is 0 Å². The van der Waals surface area contributed by atoms with Gasteiger partial charge in [-0.1, -0.05) is 23.9 Å². The molecule has 2 heterocycles. The van der Waals surface area contributed by atoms with Crippen LogP contribution in [-0.2, 0) is 6.42 Å². The number of nitrogen functional groups attached to an aromatic ring is 1. The number of thioether (sulfide) groups is 1. The van der Waals surface area contributed by atoms with Gasteiger partial charge in [0.15, 0.2) is 4.34 Å². The Morgan fingerprint density at radius 3 is 2.65 bits per heavy atom. The lowest BCUT2D eigenvalue weighted by atomic mass is 9.93. The monoisotopic (exact) mass is 406 g/mol. The summed E-state index contributed by atoms with van der Waals surface area (Å²) >= 11 is 3.53. The number of para-hydroxylation sites is 1. The predicted octanol–water partition coefficient (Wildman–Crippen LogP) is 5.71. The Morgan fingerprint density at radius 1 is 1.19 bits per heavy atom. The van der Waals surface area contributed by atoms with Gasteiger partial charge in [-0.05, 0) is 56.5 Å². The number of nitrogens with two attached hydrogens (primary N) is 1. The van der Waals surface area contributed by atoms with Crippen molar-refractivity contribution < 1.29 is 4.74 Å². The molecule has 0 radical (unpaired) electrons. The molecule has 0 amide bonds. The van der Waals surface area contributed by atoms with E-state index in [2.05, 4.69) is 45.9 Å². The van der Waals surface area contributed by atoms with Crippen LogP contribution >= 0.6 is 35.5 Å². The van der Waals surface area contributed by atoms with E-state index < -0.39 is 0 Å². The summed E-state index contributed by atoms with van der Waals surface area (Å²) in [5.41, 5.74) is 12.8. The van der Waals surface area contributed by atoms with Crippen molar-refractivity contribution in [1.82, 2.24) is 4.98 Å². The van der Waals surface area contributed by atoms with Gasteiger partial charge in [-0.3, -0.25) is 0 Å². The molecule has 3 aromatic rings. The van der Waals surface area contributed by atoms with Crippen molar-refractivity contribution in [3.05, 3.63) is 46.5 Å². The van der Waals surface area contributed by atoms with Crippen molar-refractivity contribution >= 4 is 51.4 Å². The van der Waals surface area contributed by atoms with E-state index in [0.29, 0.717) is 0 Å². The fourth-order valence-corrected chi connectivity index (χ4v) is 5.56. The van der Waals surface area contributed by atoms with Gasteiger partial charge in [-0.2, -0.15) is 0 Å². The van der Waals surface area contributed by atoms with Crippen LogP contribution in [0.1, 0.15) is 29.2 Å². The number of aromatic nitrogens is 1. The van der Waals surface area contributed by atoms with Crippen LogP contribution in [-0.4, -0.2) is 16.3 Å². The molecule has 138 valence electrons. The van der Waals surface area contributed by atoms with Gasteiger partial charge in [0.2, 0.25) is 0 Å². The lowest BCUT2D eigenvalue weighted by Crippen LogP contribution is -2.33. The van der Waals surface area contributed by atoms with Crippen LogP contribution in [0.4, 0.5) is 5.69 Å². The molecule has 0 fully saturated rings. The zero-order valence-electron chi connectivity index (χ0n) is 15.4. The maximum atomic E-state index is 6.44. The van der Waals surface area contributed by atoms with E-state index in [1.54, 1.807) is 23.1 Å². The quantitative estimate of drug-likeness (QED) is 0.447. The Bertz CT molecular complexity index is 914. The largest absolute Gasteiger partial charge is 0.486 e. The second kappa shape index (κ2) is 6.95. The Morgan fingerprint density at radius 2 is 1.92 bits per heavy atom. The number of halogens is 1. The molecule has 4 rings (SSSR count). The minimum Gasteiger partial charge on any atom is -0.486 e. The van der Waals surface area contributed by atoms with Gasteiger partial charge < -0.3 is 10.5 Å². The fourth-order valence-electron chi connectivity index (χ4n) is 3.43. The van der Waals surface area contributed by atoms with Crippen LogP contribution in [0.5, 0.6) is 5.75 Å². The van der Waals surface area contributed by atoms with E-state index in [9.17, 15) is 0 Å². The summed E-state index contributed by atoms with van der Waals surface area (Å²) in [7, 11) is 0. The number of anilines is 1. The first-order valence-electron chi connectivity index (χ1n) is 8.43. The molecule has 0 bridgehead atoms. The van der Waals surface area contributed by atoms with Crippen molar-refractivity contribution in [2.75, 3.05) is 11.5 Å². The Kier molecular flexibility index (Phi) is 5.17. The van der Waals surface area contributed by atoms with Crippen LogP contribution in [0.15, 0.2) is 28.6 Å². The second-order valence-corrected chi connectivity index (χ2v) is 9.31. The Hall–Kier alpha value is -1.43. The van der Waals surface area contributed by atoms with Gasteiger partial charge in [0.05, 0.1) is 10.2 Å². The first-order valence-corrected chi connectivity index (χ1v) is 10.2. The SMILES string of the molecule is Cc1c(C)c2c(c(C)c1N)CC(C)(CSc1nc3ccccc3s1)O2.Cl. The lowest BCUT2D eigenvalue weighted by Gasteiger charge is -2.23. The number of fused-ring (bicyclic) bond motifs is 2. The van der Waals surface area contributed by atoms with Gasteiger partial charge in [0.1, 0.15) is 11.4 Å². The van der Waals surface area contributed by atoms with Crippen molar-refractivity contribution in [2.45, 2.75) is 44.1 Å². The fraction of sp³-hybridized carbons (Fsp3) is 0.350. The third-order valence-corrected chi connectivity index (χ3v) is 7.64. The summed E-state index contributed by atoms with van der Waals surface area (Å²) in [6.07, 6.45) is 0.900. The van der Waals surface area contributed by atoms with Crippen LogP contribution in [0.25, 0.3) is 10.2 Å². The lowest BCUT2D eigenvalue weighted by molar-refractivity contribution is 0.143. The minimum absolute atomic E-state index is 0. The van der Waals surface area contributed by atoms with Crippen LogP contribution in [0.3, 0.4) is 0 Å². The summed E-state index contributed by atoms with van der Waals surface area (Å²) in [5.74, 6) is 1.91. The zero-order valence-corrected chi connectivity index (χ0v) is 17.8. The molecule has 26 heavy (non-hydrogen) atoms. The first-order chi connectivity index (χ1) is 11.9. The molecule has 1 aliphatic rings. The van der Waals surface area contributed by atoms with Gasteiger partial charge in [0.25, 0.3) is 0 Å². The minimum atomic E-state index is -0.222. The van der Waals surface area contributed by atoms with Crippen molar-refractivity contribution in [3.8, 4) is 5.75 Å². The maximum absolute atomic E-state index is 6.44. The molecule has 0 spiro atoms. The van der Waals surface area contributed by atoms with Crippen molar-refractivity contribution in [1.29, 1.82) is 0 Å². The summed E-state index contributed by atoms with van der Waals surface area (Å²) in [6, 6.07) is 8.29. The second-order valence-electron chi connectivity index (χ2n) is 7.06. The Balaban J connectivity index is 0.00000196. The smallest absolute Gasteiger partial charge is 0.151 e. The Labute approximate surface area is 168 Å². The number of rotatable bonds is 3. The van der Waals surface area contributed by atoms with Gasteiger partial charge in [-0.15, -0.1) is 23.7 Å². The summed E-state index contributed by atoms with van der Waals surface area (Å²) in [6.45, 7) is 8.48. The predicted molar refractivity (Wildman–Crippen MR) is 115 cm³/mol. The highest BCUT2D eigenvalue weighted by Gasteiger charge is 2.38. The number of hydrogen-bond acceptors (Lipinski definition) is 5. The molecule has 0 aliphatic carbocycles. The highest BCUT2D eigenvalue weighted by atomic mass is 35.5. The molecule has 2 aromatic carbocycles. The maximum Gasteiger partial charge on any atom is 0.151 e.